The molecule has 0 nitrogen and oxygen atoms in total. The second-order valence-electron chi connectivity index (χ2n) is 9.57. The van der Waals surface area contributed by atoms with E-state index in [0.717, 1.165) is 5.75 Å². The third-order valence-corrected chi connectivity index (χ3v) is 7.47. The lowest BCUT2D eigenvalue weighted by Crippen LogP contribution is -2.13. The molecular formula is C27H33S+. The summed E-state index contributed by atoms with van der Waals surface area (Å²) in [4.78, 5) is 2.83. The molecule has 3 aromatic carbocycles. The molecular weight excluding hydrogens is 356 g/mol. The van der Waals surface area contributed by atoms with Gasteiger partial charge in [-0.25, -0.2) is 0 Å². The average molecular weight is 390 g/mol. The fourth-order valence-electron chi connectivity index (χ4n) is 3.28. The summed E-state index contributed by atoms with van der Waals surface area (Å²) in [5.41, 5.74) is 4.55. The molecule has 3 rings (SSSR count). The monoisotopic (exact) mass is 389 g/mol. The Morgan fingerprint density at radius 2 is 0.929 bits per heavy atom. The maximum Gasteiger partial charge on any atom is 0.161 e. The minimum absolute atomic E-state index is 0.0277. The van der Waals surface area contributed by atoms with E-state index in [1.165, 1.54) is 26.5 Å². The first-order valence-corrected chi connectivity index (χ1v) is 11.5. The van der Waals surface area contributed by atoms with E-state index in [1.807, 2.05) is 0 Å². The summed E-state index contributed by atoms with van der Waals surface area (Å²) in [7, 11) is 0.0277. The number of benzene rings is 3. The fourth-order valence-corrected chi connectivity index (χ4v) is 5.34. The van der Waals surface area contributed by atoms with E-state index in [0.29, 0.717) is 0 Å². The van der Waals surface area contributed by atoms with Gasteiger partial charge in [0.05, 0.1) is 10.9 Å². The maximum atomic E-state index is 2.34. The molecule has 0 atom stereocenters. The summed E-state index contributed by atoms with van der Waals surface area (Å²) in [6.07, 6.45) is 0. The van der Waals surface area contributed by atoms with Gasteiger partial charge in [0.15, 0.2) is 9.79 Å². The van der Waals surface area contributed by atoms with Crippen molar-refractivity contribution in [1.29, 1.82) is 0 Å². The zero-order valence-corrected chi connectivity index (χ0v) is 18.9. The van der Waals surface area contributed by atoms with Crippen LogP contribution in [0.5, 0.6) is 0 Å². The third-order valence-electron chi connectivity index (χ3n) is 5.16. The van der Waals surface area contributed by atoms with Crippen LogP contribution in [0.1, 0.15) is 58.2 Å². The highest BCUT2D eigenvalue weighted by molar-refractivity contribution is 7.96. The molecule has 28 heavy (non-hydrogen) atoms. The Kier molecular flexibility index (Phi) is 6.05. The molecule has 1 heteroatoms. The molecule has 0 saturated carbocycles. The number of hydrogen-bond donors (Lipinski definition) is 0. The zero-order chi connectivity index (χ0) is 20.4. The van der Waals surface area contributed by atoms with E-state index in [-0.39, 0.29) is 21.7 Å². The Balaban J connectivity index is 1.98. The van der Waals surface area contributed by atoms with E-state index >= 15 is 0 Å². The van der Waals surface area contributed by atoms with Crippen LogP contribution in [-0.2, 0) is 27.5 Å². The molecule has 0 spiro atoms. The Hall–Kier alpha value is -1.99. The van der Waals surface area contributed by atoms with Gasteiger partial charge in [0, 0.05) is 5.56 Å². The fraction of sp³-hybridized carbons (Fsp3) is 0.333. The summed E-state index contributed by atoms with van der Waals surface area (Å²) in [5.74, 6) is 1.05. The Morgan fingerprint density at radius 1 is 0.536 bits per heavy atom. The lowest BCUT2D eigenvalue weighted by Gasteiger charge is -2.20. The smallest absolute Gasteiger partial charge is 0.0622 e. The van der Waals surface area contributed by atoms with Crippen molar-refractivity contribution in [2.45, 2.75) is 67.9 Å². The van der Waals surface area contributed by atoms with Crippen LogP contribution in [0.4, 0.5) is 0 Å². The summed E-state index contributed by atoms with van der Waals surface area (Å²) in [5, 5.41) is 0. The second-order valence-corrected chi connectivity index (χ2v) is 11.6. The molecule has 3 aromatic rings. The van der Waals surface area contributed by atoms with E-state index in [9.17, 15) is 0 Å². The van der Waals surface area contributed by atoms with Gasteiger partial charge in [-0.3, -0.25) is 0 Å². The second kappa shape index (κ2) is 8.17. The van der Waals surface area contributed by atoms with Crippen LogP contribution in [0.25, 0.3) is 0 Å². The van der Waals surface area contributed by atoms with E-state index in [4.69, 9.17) is 0 Å². The predicted molar refractivity (Wildman–Crippen MR) is 124 cm³/mol. The first kappa shape index (κ1) is 20.7. The van der Waals surface area contributed by atoms with Gasteiger partial charge in [0.25, 0.3) is 0 Å². The highest BCUT2D eigenvalue weighted by Crippen LogP contribution is 2.31. The van der Waals surface area contributed by atoms with Gasteiger partial charge in [-0.2, -0.15) is 0 Å². The Bertz CT molecular complexity index is 819. The molecule has 0 N–H and O–H groups in total. The van der Waals surface area contributed by atoms with Gasteiger partial charge < -0.3 is 0 Å². The highest BCUT2D eigenvalue weighted by Gasteiger charge is 2.27. The molecule has 0 aliphatic carbocycles. The van der Waals surface area contributed by atoms with Crippen LogP contribution in [0.15, 0.2) is 88.7 Å². The van der Waals surface area contributed by atoms with Crippen molar-refractivity contribution in [2.24, 2.45) is 0 Å². The lowest BCUT2D eigenvalue weighted by molar-refractivity contribution is 0.589. The van der Waals surface area contributed by atoms with Crippen molar-refractivity contribution in [1.82, 2.24) is 0 Å². The molecule has 0 bridgehead atoms. The molecule has 0 heterocycles. The Labute approximate surface area is 174 Å². The molecule has 0 radical (unpaired) electrons. The van der Waals surface area contributed by atoms with Crippen LogP contribution < -0.4 is 0 Å². The number of hydrogen-bond acceptors (Lipinski definition) is 0. The van der Waals surface area contributed by atoms with Crippen LogP contribution >= 0.6 is 0 Å². The van der Waals surface area contributed by atoms with Crippen LogP contribution in [0, 0.1) is 0 Å². The van der Waals surface area contributed by atoms with Gasteiger partial charge in [0.1, 0.15) is 5.75 Å². The quantitative estimate of drug-likeness (QED) is 0.405. The topological polar surface area (TPSA) is 0 Å². The van der Waals surface area contributed by atoms with E-state index in [2.05, 4.69) is 120 Å². The van der Waals surface area contributed by atoms with Gasteiger partial charge in [-0.1, -0.05) is 96.1 Å². The normalized spacial score (nSPS) is 12.4. The molecule has 0 aliphatic rings. The molecule has 0 aliphatic heterocycles. The third kappa shape index (κ3) is 5.08. The van der Waals surface area contributed by atoms with Crippen LogP contribution in [-0.4, -0.2) is 0 Å². The van der Waals surface area contributed by atoms with Crippen molar-refractivity contribution in [3.8, 4) is 0 Å². The van der Waals surface area contributed by atoms with E-state index < -0.39 is 0 Å². The molecule has 0 amide bonds. The summed E-state index contributed by atoms with van der Waals surface area (Å²) in [6.45, 7) is 13.6. The van der Waals surface area contributed by atoms with Crippen LogP contribution in [0.2, 0.25) is 0 Å². The van der Waals surface area contributed by atoms with Gasteiger partial charge >= 0.3 is 0 Å². The standard InChI is InChI=1S/C27H33S/c1-26(2,3)22-12-16-24(17-13-22)28(20-21-10-8-7-9-11-21)25-18-14-23(15-19-25)27(4,5)6/h7-19H,20H2,1-6H3/q+1. The average Bonchev–Trinajstić information content (AvgIpc) is 2.66. The molecule has 0 fully saturated rings. The lowest BCUT2D eigenvalue weighted by atomic mass is 9.87. The van der Waals surface area contributed by atoms with Crippen molar-refractivity contribution < 1.29 is 0 Å². The first-order chi connectivity index (χ1) is 13.1. The van der Waals surface area contributed by atoms with Gasteiger partial charge in [-0.15, -0.1) is 0 Å². The molecule has 0 unspecified atom stereocenters. The summed E-state index contributed by atoms with van der Waals surface area (Å²) >= 11 is 0. The van der Waals surface area contributed by atoms with Gasteiger partial charge in [0.2, 0.25) is 0 Å². The Morgan fingerprint density at radius 3 is 1.29 bits per heavy atom. The van der Waals surface area contributed by atoms with Crippen molar-refractivity contribution >= 4 is 10.9 Å². The van der Waals surface area contributed by atoms with Crippen LogP contribution in [0.3, 0.4) is 0 Å². The summed E-state index contributed by atoms with van der Waals surface area (Å²) < 4.78 is 0. The van der Waals surface area contributed by atoms with Crippen molar-refractivity contribution in [3.63, 3.8) is 0 Å². The van der Waals surface area contributed by atoms with Gasteiger partial charge in [-0.05, 0) is 46.2 Å². The van der Waals surface area contributed by atoms with Crippen molar-refractivity contribution in [2.75, 3.05) is 0 Å². The van der Waals surface area contributed by atoms with Crippen molar-refractivity contribution in [3.05, 3.63) is 95.6 Å². The maximum absolute atomic E-state index is 2.34. The molecule has 0 aromatic heterocycles. The minimum atomic E-state index is 0.0277. The minimum Gasteiger partial charge on any atom is -0.0622 e. The predicted octanol–water partition coefficient (Wildman–Crippen LogP) is 7.52. The molecule has 146 valence electrons. The largest absolute Gasteiger partial charge is 0.161 e. The number of rotatable bonds is 4. The first-order valence-electron chi connectivity index (χ1n) is 10.1. The van der Waals surface area contributed by atoms with E-state index in [1.54, 1.807) is 0 Å². The highest BCUT2D eigenvalue weighted by atomic mass is 32.2. The molecule has 0 saturated heterocycles. The zero-order valence-electron chi connectivity index (χ0n) is 18.1. The summed E-state index contributed by atoms with van der Waals surface area (Å²) in [6, 6.07) is 29.5. The SMILES string of the molecule is CC(C)(C)c1ccc([S+](Cc2ccccc2)c2ccc(C(C)(C)C)cc2)cc1.